The van der Waals surface area contributed by atoms with Crippen LogP contribution >= 0.6 is 11.3 Å². The number of aromatic nitrogens is 1. The van der Waals surface area contributed by atoms with Crippen molar-refractivity contribution in [3.05, 3.63) is 88.9 Å². The van der Waals surface area contributed by atoms with Crippen molar-refractivity contribution in [2.45, 2.75) is 12.8 Å². The summed E-state index contributed by atoms with van der Waals surface area (Å²) in [4.78, 5) is 42.7. The second-order valence-corrected chi connectivity index (χ2v) is 9.31. The van der Waals surface area contributed by atoms with Crippen LogP contribution in [0.2, 0.25) is 0 Å². The van der Waals surface area contributed by atoms with E-state index in [0.717, 1.165) is 28.1 Å². The van der Waals surface area contributed by atoms with Gasteiger partial charge in [-0.05, 0) is 59.5 Å². The van der Waals surface area contributed by atoms with Gasteiger partial charge in [0.2, 0.25) is 12.3 Å². The first kappa shape index (κ1) is 24.2. The lowest BCUT2D eigenvalue weighted by atomic mass is 9.99. The van der Waals surface area contributed by atoms with E-state index in [1.54, 1.807) is 23.5 Å². The van der Waals surface area contributed by atoms with Gasteiger partial charge in [-0.2, -0.15) is 0 Å². The van der Waals surface area contributed by atoms with Gasteiger partial charge in [0.15, 0.2) is 5.13 Å². The summed E-state index contributed by atoms with van der Waals surface area (Å²) < 4.78 is 5.24. The second-order valence-electron chi connectivity index (χ2n) is 8.45. The van der Waals surface area contributed by atoms with Crippen LogP contribution in [0.25, 0.3) is 11.1 Å². The molecule has 0 spiro atoms. The number of methoxy groups -OCH3 is 1. The molecular formula is C28H24N4O4S. The van der Waals surface area contributed by atoms with Gasteiger partial charge in [-0.25, -0.2) is 4.98 Å². The molecule has 0 radical (unpaired) electrons. The first-order chi connectivity index (χ1) is 18.1. The van der Waals surface area contributed by atoms with Gasteiger partial charge in [0.25, 0.3) is 5.91 Å². The van der Waals surface area contributed by atoms with Crippen LogP contribution in [0.1, 0.15) is 21.6 Å². The molecule has 9 heteroatoms. The van der Waals surface area contributed by atoms with Crippen LogP contribution in [0.5, 0.6) is 5.75 Å². The predicted molar refractivity (Wildman–Crippen MR) is 144 cm³/mol. The fourth-order valence-electron chi connectivity index (χ4n) is 4.40. The number of benzene rings is 3. The molecule has 2 N–H and O–H groups in total. The Morgan fingerprint density at radius 2 is 1.92 bits per heavy atom. The van der Waals surface area contributed by atoms with Crippen molar-refractivity contribution < 1.29 is 19.1 Å². The maximum absolute atomic E-state index is 13.2. The van der Waals surface area contributed by atoms with Gasteiger partial charge in [0, 0.05) is 28.9 Å². The fourth-order valence-corrected chi connectivity index (χ4v) is 5.07. The molecule has 0 atom stereocenters. The molecule has 37 heavy (non-hydrogen) atoms. The van der Waals surface area contributed by atoms with E-state index in [-0.39, 0.29) is 18.2 Å². The number of anilines is 3. The highest BCUT2D eigenvalue weighted by molar-refractivity contribution is 7.13. The Bertz CT molecular complexity index is 1470. The van der Waals surface area contributed by atoms with Gasteiger partial charge in [-0.3, -0.25) is 14.4 Å². The second kappa shape index (κ2) is 10.6. The Morgan fingerprint density at radius 3 is 2.70 bits per heavy atom. The SMILES string of the molecule is COc1ccc(-c2ccccc2C(=O)Nc2ccc3c(c2)CCN3C(=O)Cc2csc(NC=O)n2)cc1. The third kappa shape index (κ3) is 5.22. The lowest BCUT2D eigenvalue weighted by molar-refractivity contribution is -0.118. The van der Waals surface area contributed by atoms with Gasteiger partial charge in [-0.15, -0.1) is 11.3 Å². The Hall–Kier alpha value is -4.50. The molecule has 0 saturated carbocycles. The monoisotopic (exact) mass is 512 g/mol. The Kier molecular flexibility index (Phi) is 6.96. The standard InChI is InChI=1S/C28H24N4O4S/c1-36-22-9-6-18(7-10-22)23-4-2-3-5-24(23)27(35)30-20-8-11-25-19(14-20)12-13-32(25)26(34)15-21-16-37-28(31-21)29-17-33/h2-11,14,16-17H,12-13,15H2,1H3,(H,30,35)(H,29,31,33). The molecule has 3 aromatic carbocycles. The third-order valence-electron chi connectivity index (χ3n) is 6.17. The summed E-state index contributed by atoms with van der Waals surface area (Å²) in [5.74, 6) is 0.482. The van der Waals surface area contributed by atoms with Gasteiger partial charge >= 0.3 is 0 Å². The van der Waals surface area contributed by atoms with Crippen LogP contribution in [-0.2, 0) is 22.4 Å². The Morgan fingerprint density at radius 1 is 1.11 bits per heavy atom. The molecule has 0 bridgehead atoms. The molecule has 5 rings (SSSR count). The number of fused-ring (bicyclic) bond motifs is 1. The summed E-state index contributed by atoms with van der Waals surface area (Å²) in [6, 6.07) is 20.7. The van der Waals surface area contributed by atoms with E-state index in [0.29, 0.717) is 41.5 Å². The minimum absolute atomic E-state index is 0.0630. The van der Waals surface area contributed by atoms with Crippen LogP contribution in [0.4, 0.5) is 16.5 Å². The first-order valence-corrected chi connectivity index (χ1v) is 12.6. The molecular weight excluding hydrogens is 488 g/mol. The van der Waals surface area contributed by atoms with Gasteiger partial charge in [0.1, 0.15) is 5.75 Å². The molecule has 1 aliphatic rings. The Labute approximate surface area is 217 Å². The van der Waals surface area contributed by atoms with E-state index in [1.807, 2.05) is 60.7 Å². The average molecular weight is 513 g/mol. The molecule has 0 fully saturated rings. The van der Waals surface area contributed by atoms with Crippen LogP contribution in [-0.4, -0.2) is 36.9 Å². The number of nitrogens with one attached hydrogen (secondary N) is 2. The number of hydrogen-bond donors (Lipinski definition) is 2. The average Bonchev–Trinajstić information content (AvgIpc) is 3.55. The first-order valence-electron chi connectivity index (χ1n) is 11.7. The molecule has 4 aromatic rings. The van der Waals surface area contributed by atoms with E-state index < -0.39 is 0 Å². The normalized spacial score (nSPS) is 12.1. The number of amides is 3. The van der Waals surface area contributed by atoms with Gasteiger partial charge < -0.3 is 20.3 Å². The summed E-state index contributed by atoms with van der Waals surface area (Å²) in [6.45, 7) is 0.565. The van der Waals surface area contributed by atoms with E-state index in [1.165, 1.54) is 11.3 Å². The lowest BCUT2D eigenvalue weighted by Gasteiger charge is -2.17. The number of nitrogens with zero attached hydrogens (tertiary/aromatic N) is 2. The zero-order valence-electron chi connectivity index (χ0n) is 20.1. The van der Waals surface area contributed by atoms with E-state index >= 15 is 0 Å². The van der Waals surface area contributed by atoms with Crippen molar-refractivity contribution in [2.24, 2.45) is 0 Å². The minimum Gasteiger partial charge on any atom is -0.497 e. The molecule has 1 aromatic heterocycles. The number of thiazole rings is 1. The molecule has 1 aliphatic heterocycles. The van der Waals surface area contributed by atoms with Gasteiger partial charge in [-0.1, -0.05) is 30.3 Å². The molecule has 186 valence electrons. The number of ether oxygens (including phenoxy) is 1. The van der Waals surface area contributed by atoms with E-state index in [9.17, 15) is 14.4 Å². The highest BCUT2D eigenvalue weighted by Gasteiger charge is 2.26. The van der Waals surface area contributed by atoms with Crippen molar-refractivity contribution in [3.63, 3.8) is 0 Å². The lowest BCUT2D eigenvalue weighted by Crippen LogP contribution is -2.30. The summed E-state index contributed by atoms with van der Waals surface area (Å²) in [5, 5.41) is 7.74. The van der Waals surface area contributed by atoms with Crippen molar-refractivity contribution >= 4 is 46.1 Å². The number of carbonyl (C=O) groups is 3. The molecule has 0 aliphatic carbocycles. The Balaban J connectivity index is 1.30. The molecule has 2 heterocycles. The van der Waals surface area contributed by atoms with Crippen molar-refractivity contribution in [1.29, 1.82) is 0 Å². The van der Waals surface area contributed by atoms with Crippen molar-refractivity contribution in [1.82, 2.24) is 4.98 Å². The quantitative estimate of drug-likeness (QED) is 0.331. The zero-order chi connectivity index (χ0) is 25.8. The van der Waals surface area contributed by atoms with Crippen molar-refractivity contribution in [2.75, 3.05) is 29.2 Å². The van der Waals surface area contributed by atoms with Gasteiger partial charge in [0.05, 0.1) is 19.2 Å². The molecule has 0 saturated heterocycles. The summed E-state index contributed by atoms with van der Waals surface area (Å²) in [6.07, 6.45) is 1.41. The maximum Gasteiger partial charge on any atom is 0.256 e. The van der Waals surface area contributed by atoms with Crippen LogP contribution in [0.3, 0.4) is 0 Å². The fraction of sp³-hybridized carbons (Fsp3) is 0.143. The van der Waals surface area contributed by atoms with Crippen LogP contribution in [0.15, 0.2) is 72.1 Å². The van der Waals surface area contributed by atoms with E-state index in [2.05, 4.69) is 15.6 Å². The highest BCUT2D eigenvalue weighted by Crippen LogP contribution is 2.32. The topological polar surface area (TPSA) is 101 Å². The smallest absolute Gasteiger partial charge is 0.256 e. The summed E-state index contributed by atoms with van der Waals surface area (Å²) >= 11 is 1.28. The number of carbonyl (C=O) groups excluding carboxylic acids is 3. The third-order valence-corrected chi connectivity index (χ3v) is 7.00. The van der Waals surface area contributed by atoms with E-state index in [4.69, 9.17) is 4.74 Å². The largest absolute Gasteiger partial charge is 0.497 e. The van der Waals surface area contributed by atoms with Crippen molar-refractivity contribution in [3.8, 4) is 16.9 Å². The predicted octanol–water partition coefficient (Wildman–Crippen LogP) is 4.77. The highest BCUT2D eigenvalue weighted by atomic mass is 32.1. The molecule has 3 amide bonds. The minimum atomic E-state index is -0.208. The van der Waals surface area contributed by atoms with Crippen LogP contribution in [0, 0.1) is 0 Å². The maximum atomic E-state index is 13.2. The van der Waals surface area contributed by atoms with Crippen LogP contribution < -0.4 is 20.3 Å². The summed E-state index contributed by atoms with van der Waals surface area (Å²) in [7, 11) is 1.62. The number of rotatable bonds is 8. The zero-order valence-corrected chi connectivity index (χ0v) is 20.9. The molecule has 8 nitrogen and oxygen atoms in total. The molecule has 0 unspecified atom stereocenters. The summed E-state index contributed by atoms with van der Waals surface area (Å²) in [5.41, 5.74) is 5.44. The number of hydrogen-bond acceptors (Lipinski definition) is 6.